The lowest BCUT2D eigenvalue weighted by atomic mass is 10.0. The average molecular weight is 416 g/mol. The third kappa shape index (κ3) is 5.27. The van der Waals surface area contributed by atoms with Crippen LogP contribution in [-0.4, -0.2) is 51.5 Å². The molecule has 1 fully saturated rings. The third-order valence-corrected chi connectivity index (χ3v) is 5.09. The zero-order valence-electron chi connectivity index (χ0n) is 17.0. The summed E-state index contributed by atoms with van der Waals surface area (Å²) in [7, 11) is 2.82. The van der Waals surface area contributed by atoms with Gasteiger partial charge in [-0.1, -0.05) is 30.3 Å². The van der Waals surface area contributed by atoms with Gasteiger partial charge in [0.25, 0.3) is 0 Å². The molecule has 1 aliphatic heterocycles. The maximum absolute atomic E-state index is 14.4. The first-order valence-corrected chi connectivity index (χ1v) is 9.64. The molecule has 0 aromatic heterocycles. The number of halogens is 1. The molecular weight excluding hydrogens is 391 g/mol. The Labute approximate surface area is 174 Å². The van der Waals surface area contributed by atoms with E-state index >= 15 is 0 Å². The molecule has 0 aliphatic carbocycles. The Morgan fingerprint density at radius 2 is 1.93 bits per heavy atom. The monoisotopic (exact) mass is 416 g/mol. The fraction of sp³-hybridized carbons (Fsp3) is 0.364. The van der Waals surface area contributed by atoms with Crippen molar-refractivity contribution in [1.82, 2.24) is 5.32 Å². The fourth-order valence-electron chi connectivity index (χ4n) is 3.46. The van der Waals surface area contributed by atoms with E-state index in [0.29, 0.717) is 25.2 Å². The third-order valence-electron chi connectivity index (χ3n) is 5.09. The van der Waals surface area contributed by atoms with Gasteiger partial charge in [-0.05, 0) is 30.2 Å². The molecule has 1 saturated heterocycles. The second-order valence-electron chi connectivity index (χ2n) is 6.98. The predicted octanol–water partition coefficient (Wildman–Crippen LogP) is 3.13. The number of benzene rings is 2. The summed E-state index contributed by atoms with van der Waals surface area (Å²) in [4.78, 5) is 25.8. The van der Waals surface area contributed by atoms with Crippen LogP contribution in [0.5, 0.6) is 0 Å². The van der Waals surface area contributed by atoms with Crippen LogP contribution in [0.3, 0.4) is 0 Å². The molecule has 160 valence electrons. The number of carbonyl (C=O) groups is 2. The summed E-state index contributed by atoms with van der Waals surface area (Å²) in [5.74, 6) is -0.969. The lowest BCUT2D eigenvalue weighted by Crippen LogP contribution is -2.55. The maximum atomic E-state index is 14.4. The molecule has 0 bridgehead atoms. The van der Waals surface area contributed by atoms with E-state index in [9.17, 15) is 14.0 Å². The Hall–Kier alpha value is -3.13. The van der Waals surface area contributed by atoms with E-state index < -0.39 is 17.9 Å². The Balaban J connectivity index is 1.61. The summed E-state index contributed by atoms with van der Waals surface area (Å²) in [5.41, 5.74) is 1.46. The van der Waals surface area contributed by atoms with Crippen LogP contribution in [0, 0.1) is 5.82 Å². The van der Waals surface area contributed by atoms with Gasteiger partial charge >= 0.3 is 12.1 Å². The van der Waals surface area contributed by atoms with Crippen molar-refractivity contribution in [3.05, 3.63) is 65.5 Å². The lowest BCUT2D eigenvalue weighted by Gasteiger charge is -2.39. The van der Waals surface area contributed by atoms with Gasteiger partial charge in [-0.15, -0.1) is 0 Å². The van der Waals surface area contributed by atoms with Crippen molar-refractivity contribution in [2.45, 2.75) is 25.2 Å². The summed E-state index contributed by atoms with van der Waals surface area (Å²) in [6.07, 6.45) is -0.372. The number of anilines is 1. The largest absolute Gasteiger partial charge is 0.465 e. The molecule has 0 radical (unpaired) electrons. The smallest absolute Gasteiger partial charge is 0.407 e. The van der Waals surface area contributed by atoms with E-state index in [-0.39, 0.29) is 24.3 Å². The van der Waals surface area contributed by atoms with E-state index in [1.165, 1.54) is 25.3 Å². The van der Waals surface area contributed by atoms with Crippen molar-refractivity contribution in [3.63, 3.8) is 0 Å². The van der Waals surface area contributed by atoms with Gasteiger partial charge in [-0.3, -0.25) is 0 Å². The minimum absolute atomic E-state index is 0.175. The summed E-state index contributed by atoms with van der Waals surface area (Å²) >= 11 is 0. The van der Waals surface area contributed by atoms with Crippen molar-refractivity contribution < 1.29 is 28.2 Å². The van der Waals surface area contributed by atoms with Gasteiger partial charge in [0.2, 0.25) is 0 Å². The number of hydrogen-bond acceptors (Lipinski definition) is 6. The number of methoxy groups -OCH3 is 2. The van der Waals surface area contributed by atoms with E-state index in [2.05, 4.69) is 5.32 Å². The summed E-state index contributed by atoms with van der Waals surface area (Å²) in [6.45, 7) is 1.00. The highest BCUT2D eigenvalue weighted by Gasteiger charge is 2.32. The predicted molar refractivity (Wildman–Crippen MR) is 109 cm³/mol. The molecule has 30 heavy (non-hydrogen) atoms. The molecule has 1 amide bonds. The molecule has 1 heterocycles. The van der Waals surface area contributed by atoms with Crippen LogP contribution in [0.1, 0.15) is 22.3 Å². The first-order chi connectivity index (χ1) is 14.5. The van der Waals surface area contributed by atoms with Gasteiger partial charge in [-0.25, -0.2) is 14.0 Å². The first-order valence-electron chi connectivity index (χ1n) is 9.64. The molecule has 2 aromatic carbocycles. The highest BCUT2D eigenvalue weighted by molar-refractivity contribution is 5.90. The van der Waals surface area contributed by atoms with Gasteiger partial charge in [0.05, 0.1) is 30.5 Å². The molecule has 1 N–H and O–H groups in total. The Bertz CT molecular complexity index is 877. The number of nitrogens with one attached hydrogen (secondary N) is 1. The second kappa shape index (κ2) is 10.1. The highest BCUT2D eigenvalue weighted by Crippen LogP contribution is 2.26. The van der Waals surface area contributed by atoms with Crippen LogP contribution in [0.4, 0.5) is 14.9 Å². The number of carbonyl (C=O) groups excluding carboxylic acids is 2. The van der Waals surface area contributed by atoms with Crippen molar-refractivity contribution in [3.8, 4) is 0 Å². The van der Waals surface area contributed by atoms with Gasteiger partial charge in [-0.2, -0.15) is 0 Å². The minimum Gasteiger partial charge on any atom is -0.465 e. The number of alkyl carbamates (subject to hydrolysis) is 1. The van der Waals surface area contributed by atoms with Gasteiger partial charge in [0.15, 0.2) is 0 Å². The van der Waals surface area contributed by atoms with Crippen molar-refractivity contribution >= 4 is 17.7 Å². The fourth-order valence-corrected chi connectivity index (χ4v) is 3.46. The van der Waals surface area contributed by atoms with Gasteiger partial charge < -0.3 is 24.4 Å². The van der Waals surface area contributed by atoms with Crippen molar-refractivity contribution in [1.29, 1.82) is 0 Å². The first kappa shape index (κ1) is 21.6. The van der Waals surface area contributed by atoms with E-state index in [1.54, 1.807) is 12.0 Å². The Morgan fingerprint density at radius 3 is 2.63 bits per heavy atom. The number of nitrogens with zero attached hydrogens (tertiary/aromatic N) is 1. The molecular formula is C22H25FN2O5. The Morgan fingerprint density at radius 1 is 1.17 bits per heavy atom. The normalized spacial score (nSPS) is 18.6. The molecule has 8 heteroatoms. The summed E-state index contributed by atoms with van der Waals surface area (Å²) in [5, 5.41) is 2.83. The van der Waals surface area contributed by atoms with Crippen LogP contribution >= 0.6 is 0 Å². The van der Waals surface area contributed by atoms with Crippen molar-refractivity contribution in [2.24, 2.45) is 0 Å². The number of esters is 1. The molecule has 2 unspecified atom stereocenters. The second-order valence-corrected chi connectivity index (χ2v) is 6.98. The van der Waals surface area contributed by atoms with E-state index in [4.69, 9.17) is 14.2 Å². The summed E-state index contributed by atoms with van der Waals surface area (Å²) < 4.78 is 29.9. The zero-order chi connectivity index (χ0) is 21.5. The number of amides is 1. The van der Waals surface area contributed by atoms with E-state index in [0.717, 1.165) is 5.56 Å². The number of hydrogen-bond donors (Lipinski definition) is 1. The van der Waals surface area contributed by atoms with Crippen molar-refractivity contribution in [2.75, 3.05) is 32.2 Å². The summed E-state index contributed by atoms with van der Waals surface area (Å²) in [6, 6.07) is 13.2. The SMILES string of the molecule is COC(=O)c1ccc(F)c(N2CCC(NC(=O)OCc3ccccc3)C(OC)C2)c1. The molecule has 1 aliphatic rings. The number of rotatable bonds is 6. The molecule has 7 nitrogen and oxygen atoms in total. The average Bonchev–Trinajstić information content (AvgIpc) is 2.78. The molecule has 0 spiro atoms. The number of ether oxygens (including phenoxy) is 3. The van der Waals surface area contributed by atoms with Crippen LogP contribution < -0.4 is 10.2 Å². The zero-order valence-corrected chi connectivity index (χ0v) is 17.0. The lowest BCUT2D eigenvalue weighted by molar-refractivity contribution is 0.0544. The molecule has 2 aromatic rings. The van der Waals surface area contributed by atoms with Gasteiger partial charge in [0, 0.05) is 20.2 Å². The van der Waals surface area contributed by atoms with Crippen LogP contribution in [0.25, 0.3) is 0 Å². The van der Waals surface area contributed by atoms with Crippen LogP contribution in [0.15, 0.2) is 48.5 Å². The van der Waals surface area contributed by atoms with Gasteiger partial charge in [0.1, 0.15) is 12.4 Å². The molecule has 0 saturated carbocycles. The number of piperidine rings is 1. The maximum Gasteiger partial charge on any atom is 0.407 e. The highest BCUT2D eigenvalue weighted by atomic mass is 19.1. The molecule has 3 rings (SSSR count). The van der Waals surface area contributed by atoms with Crippen LogP contribution in [-0.2, 0) is 20.8 Å². The minimum atomic E-state index is -0.530. The molecule has 2 atom stereocenters. The quantitative estimate of drug-likeness (QED) is 0.729. The topological polar surface area (TPSA) is 77.1 Å². The Kier molecular flexibility index (Phi) is 7.24. The van der Waals surface area contributed by atoms with Crippen LogP contribution in [0.2, 0.25) is 0 Å². The standard InChI is InChI=1S/C22H25FN2O5/c1-28-20-13-25(19-12-16(21(26)29-2)8-9-17(19)23)11-10-18(20)24-22(27)30-14-15-6-4-3-5-7-15/h3-9,12,18,20H,10-11,13-14H2,1-2H3,(H,24,27). The van der Waals surface area contributed by atoms with E-state index in [1.807, 2.05) is 30.3 Å².